The van der Waals surface area contributed by atoms with Gasteiger partial charge in [0.05, 0.1) is 11.0 Å². The van der Waals surface area contributed by atoms with Crippen LogP contribution in [0, 0.1) is 5.82 Å². The Labute approximate surface area is 127 Å². The van der Waals surface area contributed by atoms with Crippen molar-refractivity contribution in [1.29, 1.82) is 0 Å². The fourth-order valence-electron chi connectivity index (χ4n) is 1.95. The van der Waals surface area contributed by atoms with Crippen LogP contribution in [-0.2, 0) is 16.3 Å². The molecule has 0 aliphatic rings. The van der Waals surface area contributed by atoms with Crippen LogP contribution in [0.5, 0.6) is 0 Å². The molecule has 0 heterocycles. The highest BCUT2D eigenvalue weighted by atomic mass is 35.5. The molecule has 6 heteroatoms. The van der Waals surface area contributed by atoms with Gasteiger partial charge in [0.25, 0.3) is 0 Å². The van der Waals surface area contributed by atoms with Gasteiger partial charge in [0.1, 0.15) is 5.82 Å². The molecule has 3 nitrogen and oxygen atoms in total. The SMILES string of the molecule is CS(=O)(=O)c1ccc(C(O)Cc2ccc(Cl)cc2F)cc1. The van der Waals surface area contributed by atoms with Crippen LogP contribution in [0.1, 0.15) is 17.2 Å². The fourth-order valence-corrected chi connectivity index (χ4v) is 2.74. The van der Waals surface area contributed by atoms with Crippen molar-refractivity contribution in [3.8, 4) is 0 Å². The Morgan fingerprint density at radius 2 is 1.81 bits per heavy atom. The summed E-state index contributed by atoms with van der Waals surface area (Å²) in [6.07, 6.45) is 0.275. The molecule has 2 rings (SSSR count). The molecule has 1 N–H and O–H groups in total. The van der Waals surface area contributed by atoms with Crippen molar-refractivity contribution in [2.45, 2.75) is 17.4 Å². The van der Waals surface area contributed by atoms with Gasteiger partial charge in [-0.3, -0.25) is 0 Å². The predicted molar refractivity (Wildman–Crippen MR) is 79.6 cm³/mol. The summed E-state index contributed by atoms with van der Waals surface area (Å²) in [7, 11) is -3.27. The maximum absolute atomic E-state index is 13.7. The zero-order valence-electron chi connectivity index (χ0n) is 11.3. The van der Waals surface area contributed by atoms with E-state index in [2.05, 4.69) is 0 Å². The molecule has 2 aromatic carbocycles. The number of rotatable bonds is 4. The van der Waals surface area contributed by atoms with Gasteiger partial charge >= 0.3 is 0 Å². The Morgan fingerprint density at radius 3 is 2.33 bits per heavy atom. The molecule has 0 aromatic heterocycles. The summed E-state index contributed by atoms with van der Waals surface area (Å²) in [6.45, 7) is 0. The van der Waals surface area contributed by atoms with Crippen LogP contribution in [0.15, 0.2) is 47.4 Å². The Balaban J connectivity index is 2.18. The second-order valence-corrected chi connectivity index (χ2v) is 7.25. The molecule has 0 radical (unpaired) electrons. The van der Waals surface area contributed by atoms with Crippen LogP contribution in [0.2, 0.25) is 5.02 Å². The van der Waals surface area contributed by atoms with Gasteiger partial charge in [-0.1, -0.05) is 29.8 Å². The van der Waals surface area contributed by atoms with Crippen molar-refractivity contribution in [2.75, 3.05) is 6.26 Å². The van der Waals surface area contributed by atoms with Gasteiger partial charge < -0.3 is 5.11 Å². The Hall–Kier alpha value is -1.43. The van der Waals surface area contributed by atoms with E-state index < -0.39 is 21.8 Å². The predicted octanol–water partition coefficient (Wildman–Crippen LogP) is 3.16. The number of hydrogen-bond donors (Lipinski definition) is 1. The lowest BCUT2D eigenvalue weighted by atomic mass is 10.0. The molecule has 2 aromatic rings. The zero-order chi connectivity index (χ0) is 15.6. The largest absolute Gasteiger partial charge is 0.388 e. The third-order valence-electron chi connectivity index (χ3n) is 3.12. The van der Waals surface area contributed by atoms with Crippen molar-refractivity contribution in [3.63, 3.8) is 0 Å². The van der Waals surface area contributed by atoms with Gasteiger partial charge in [0.2, 0.25) is 0 Å². The number of aliphatic hydroxyl groups excluding tert-OH is 1. The number of halogens is 2. The first-order chi connectivity index (χ1) is 9.77. The molecular formula is C15H14ClFO3S. The summed E-state index contributed by atoms with van der Waals surface area (Å²) < 4.78 is 36.4. The molecule has 0 aliphatic heterocycles. The minimum absolute atomic E-state index is 0.0845. The van der Waals surface area contributed by atoms with E-state index in [0.717, 1.165) is 6.26 Å². The number of sulfone groups is 1. The van der Waals surface area contributed by atoms with Crippen LogP contribution in [0.3, 0.4) is 0 Å². The number of hydrogen-bond acceptors (Lipinski definition) is 3. The Kier molecular flexibility index (Phi) is 4.66. The highest BCUT2D eigenvalue weighted by Gasteiger charge is 2.13. The second kappa shape index (κ2) is 6.13. The lowest BCUT2D eigenvalue weighted by molar-refractivity contribution is 0.177. The van der Waals surface area contributed by atoms with Gasteiger partial charge in [-0.15, -0.1) is 0 Å². The minimum Gasteiger partial charge on any atom is -0.388 e. The van der Waals surface area contributed by atoms with Crippen LogP contribution in [-0.4, -0.2) is 19.8 Å². The Bertz CT molecular complexity index is 742. The van der Waals surface area contributed by atoms with E-state index in [1.165, 1.54) is 36.4 Å². The maximum Gasteiger partial charge on any atom is 0.175 e. The molecule has 0 aliphatic carbocycles. The first-order valence-electron chi connectivity index (χ1n) is 6.19. The molecule has 0 saturated heterocycles. The lowest BCUT2D eigenvalue weighted by Crippen LogP contribution is -2.04. The van der Waals surface area contributed by atoms with Gasteiger partial charge in [0, 0.05) is 17.7 Å². The summed E-state index contributed by atoms with van der Waals surface area (Å²) in [5.74, 6) is -0.477. The molecule has 0 fully saturated rings. The summed E-state index contributed by atoms with van der Waals surface area (Å²) in [6, 6.07) is 10.2. The van der Waals surface area contributed by atoms with Gasteiger partial charge in [0.15, 0.2) is 9.84 Å². The maximum atomic E-state index is 13.7. The summed E-state index contributed by atoms with van der Waals surface area (Å²) in [4.78, 5) is 0.177. The Morgan fingerprint density at radius 1 is 1.19 bits per heavy atom. The number of benzene rings is 2. The third-order valence-corrected chi connectivity index (χ3v) is 4.48. The highest BCUT2D eigenvalue weighted by Crippen LogP contribution is 2.23. The topological polar surface area (TPSA) is 54.4 Å². The minimum atomic E-state index is -3.27. The van der Waals surface area contributed by atoms with E-state index in [1.54, 1.807) is 6.07 Å². The quantitative estimate of drug-likeness (QED) is 0.938. The number of aliphatic hydroxyl groups is 1. The first-order valence-corrected chi connectivity index (χ1v) is 8.46. The molecule has 1 atom stereocenters. The van der Waals surface area contributed by atoms with Gasteiger partial charge in [-0.05, 0) is 35.4 Å². The molecule has 21 heavy (non-hydrogen) atoms. The fraction of sp³-hybridized carbons (Fsp3) is 0.200. The van der Waals surface area contributed by atoms with Gasteiger partial charge in [-0.25, -0.2) is 12.8 Å². The standard InChI is InChI=1S/C15H14ClFO3S/c1-21(19,20)13-6-3-10(4-7-13)15(18)8-11-2-5-12(16)9-14(11)17/h2-7,9,15,18H,8H2,1H3. The average Bonchev–Trinajstić information content (AvgIpc) is 2.41. The van der Waals surface area contributed by atoms with Crippen molar-refractivity contribution in [2.24, 2.45) is 0 Å². The van der Waals surface area contributed by atoms with Crippen LogP contribution in [0.25, 0.3) is 0 Å². The smallest absolute Gasteiger partial charge is 0.175 e. The van der Waals surface area contributed by atoms with E-state index in [1.807, 2.05) is 0 Å². The van der Waals surface area contributed by atoms with E-state index in [-0.39, 0.29) is 11.3 Å². The van der Waals surface area contributed by atoms with E-state index in [0.29, 0.717) is 16.1 Å². The molecule has 112 valence electrons. The molecule has 0 amide bonds. The van der Waals surface area contributed by atoms with Crippen LogP contribution in [0.4, 0.5) is 4.39 Å². The van der Waals surface area contributed by atoms with E-state index >= 15 is 0 Å². The normalized spacial score (nSPS) is 13.1. The third kappa shape index (κ3) is 4.03. The summed E-state index contributed by atoms with van der Waals surface area (Å²) in [5, 5.41) is 10.4. The van der Waals surface area contributed by atoms with Gasteiger partial charge in [-0.2, -0.15) is 0 Å². The summed E-state index contributed by atoms with van der Waals surface area (Å²) in [5.41, 5.74) is 0.871. The average molecular weight is 329 g/mol. The molecule has 0 saturated carbocycles. The van der Waals surface area contributed by atoms with Crippen molar-refractivity contribution in [1.82, 2.24) is 0 Å². The molecule has 0 spiro atoms. The molecule has 0 bridgehead atoms. The molecular weight excluding hydrogens is 315 g/mol. The summed E-state index contributed by atoms with van der Waals surface area (Å²) >= 11 is 5.67. The van der Waals surface area contributed by atoms with E-state index in [9.17, 15) is 17.9 Å². The van der Waals surface area contributed by atoms with Crippen LogP contribution >= 0.6 is 11.6 Å². The second-order valence-electron chi connectivity index (χ2n) is 4.80. The highest BCUT2D eigenvalue weighted by molar-refractivity contribution is 7.90. The van der Waals surface area contributed by atoms with E-state index in [4.69, 9.17) is 11.6 Å². The first kappa shape index (κ1) is 15.9. The van der Waals surface area contributed by atoms with Crippen molar-refractivity contribution < 1.29 is 17.9 Å². The van der Waals surface area contributed by atoms with Crippen LogP contribution < -0.4 is 0 Å². The zero-order valence-corrected chi connectivity index (χ0v) is 12.8. The van der Waals surface area contributed by atoms with Crippen molar-refractivity contribution in [3.05, 3.63) is 64.4 Å². The van der Waals surface area contributed by atoms with Crippen molar-refractivity contribution >= 4 is 21.4 Å². The molecule has 1 unspecified atom stereocenters. The monoisotopic (exact) mass is 328 g/mol. The lowest BCUT2D eigenvalue weighted by Gasteiger charge is -2.12.